The van der Waals surface area contributed by atoms with Crippen molar-refractivity contribution in [2.75, 3.05) is 0 Å². The summed E-state index contributed by atoms with van der Waals surface area (Å²) in [7, 11) is 0. The maximum atomic E-state index is 12.2. The Morgan fingerprint density at radius 1 is 1.39 bits per heavy atom. The molecular weight excluding hydrogens is 226 g/mol. The quantitative estimate of drug-likeness (QED) is 0.837. The normalized spacial score (nSPS) is 33.6. The number of nitrogens with two attached hydrogens (primary N) is 1. The van der Waals surface area contributed by atoms with Crippen molar-refractivity contribution in [3.63, 3.8) is 0 Å². The molecule has 3 rings (SSSR count). The number of amides is 1. The molecule has 18 heavy (non-hydrogen) atoms. The molecule has 2 bridgehead atoms. The Balaban J connectivity index is 1.59. The Hall–Kier alpha value is -1.42. The zero-order valence-electron chi connectivity index (χ0n) is 10.4. The second kappa shape index (κ2) is 4.69. The fourth-order valence-corrected chi connectivity index (χ4v) is 3.52. The first-order valence-electron chi connectivity index (χ1n) is 6.69. The smallest absolute Gasteiger partial charge is 0.225 e. The van der Waals surface area contributed by atoms with E-state index in [0.717, 1.165) is 12.1 Å². The van der Waals surface area contributed by atoms with E-state index in [2.05, 4.69) is 10.3 Å². The number of rotatable bonds is 3. The molecule has 0 spiro atoms. The van der Waals surface area contributed by atoms with Gasteiger partial charge in [0.25, 0.3) is 0 Å². The number of nitrogens with one attached hydrogen (secondary N) is 1. The van der Waals surface area contributed by atoms with Crippen molar-refractivity contribution in [2.24, 2.45) is 23.5 Å². The zero-order valence-corrected chi connectivity index (χ0v) is 10.4. The van der Waals surface area contributed by atoms with Crippen molar-refractivity contribution in [1.82, 2.24) is 10.3 Å². The first kappa shape index (κ1) is 11.7. The van der Waals surface area contributed by atoms with E-state index in [9.17, 15) is 4.79 Å². The van der Waals surface area contributed by atoms with Crippen LogP contribution < -0.4 is 11.1 Å². The molecule has 2 saturated carbocycles. The molecule has 4 atom stereocenters. The van der Waals surface area contributed by atoms with E-state index in [0.29, 0.717) is 18.4 Å². The summed E-state index contributed by atoms with van der Waals surface area (Å²) >= 11 is 0. The van der Waals surface area contributed by atoms with E-state index < -0.39 is 0 Å². The van der Waals surface area contributed by atoms with Gasteiger partial charge in [-0.3, -0.25) is 9.78 Å². The van der Waals surface area contributed by atoms with Crippen molar-refractivity contribution in [3.8, 4) is 0 Å². The van der Waals surface area contributed by atoms with Crippen LogP contribution in [0.1, 0.15) is 25.0 Å². The lowest BCUT2D eigenvalue weighted by atomic mass is 9.84. The van der Waals surface area contributed by atoms with Gasteiger partial charge in [0.05, 0.1) is 18.2 Å². The third-order valence-corrected chi connectivity index (χ3v) is 4.45. The van der Waals surface area contributed by atoms with Crippen LogP contribution in [0.25, 0.3) is 0 Å². The van der Waals surface area contributed by atoms with E-state index in [1.54, 1.807) is 6.20 Å². The van der Waals surface area contributed by atoms with Crippen LogP contribution in [0.5, 0.6) is 0 Å². The van der Waals surface area contributed by atoms with E-state index in [-0.39, 0.29) is 17.9 Å². The highest BCUT2D eigenvalue weighted by Crippen LogP contribution is 2.47. The molecule has 0 saturated heterocycles. The molecule has 4 nitrogen and oxygen atoms in total. The van der Waals surface area contributed by atoms with Crippen LogP contribution in [0.2, 0.25) is 0 Å². The minimum Gasteiger partial charge on any atom is -0.350 e. The van der Waals surface area contributed by atoms with Gasteiger partial charge in [-0.05, 0) is 43.2 Å². The average molecular weight is 245 g/mol. The number of nitrogens with zero attached hydrogens (tertiary/aromatic N) is 1. The van der Waals surface area contributed by atoms with E-state index in [1.807, 2.05) is 18.2 Å². The van der Waals surface area contributed by atoms with Gasteiger partial charge in [0.2, 0.25) is 5.91 Å². The summed E-state index contributed by atoms with van der Waals surface area (Å²) in [4.78, 5) is 16.4. The van der Waals surface area contributed by atoms with Crippen LogP contribution in [-0.4, -0.2) is 16.9 Å². The average Bonchev–Trinajstić information content (AvgIpc) is 2.98. The minimum absolute atomic E-state index is 0.0208. The lowest BCUT2D eigenvalue weighted by Crippen LogP contribution is -2.45. The standard InChI is InChI=1S/C14H19N3O/c15-13-10-5-4-9(7-10)12(13)14(18)17-8-11-3-1-2-6-16-11/h1-3,6,9-10,12-13H,4-5,7-8,15H2,(H,17,18). The summed E-state index contributed by atoms with van der Waals surface area (Å²) in [5.74, 6) is 1.21. The first-order valence-corrected chi connectivity index (χ1v) is 6.69. The number of carbonyl (C=O) groups is 1. The summed E-state index contributed by atoms with van der Waals surface area (Å²) in [6.07, 6.45) is 5.25. The van der Waals surface area contributed by atoms with Crippen molar-refractivity contribution in [3.05, 3.63) is 30.1 Å². The summed E-state index contributed by atoms with van der Waals surface area (Å²) in [5, 5.41) is 2.97. The second-order valence-corrected chi connectivity index (χ2v) is 5.48. The highest BCUT2D eigenvalue weighted by molar-refractivity contribution is 5.80. The molecule has 0 aromatic carbocycles. The number of pyridine rings is 1. The Bertz CT molecular complexity index is 432. The molecule has 3 N–H and O–H groups in total. The van der Waals surface area contributed by atoms with E-state index in [4.69, 9.17) is 5.73 Å². The number of aromatic nitrogens is 1. The maximum Gasteiger partial charge on any atom is 0.225 e. The monoisotopic (exact) mass is 245 g/mol. The Kier molecular flexibility index (Phi) is 3.04. The minimum atomic E-state index is 0.0208. The lowest BCUT2D eigenvalue weighted by molar-refractivity contribution is -0.127. The Morgan fingerprint density at radius 3 is 2.89 bits per heavy atom. The summed E-state index contributed by atoms with van der Waals surface area (Å²) in [5.41, 5.74) is 7.05. The van der Waals surface area contributed by atoms with Gasteiger partial charge in [-0.15, -0.1) is 0 Å². The topological polar surface area (TPSA) is 68.0 Å². The second-order valence-electron chi connectivity index (χ2n) is 5.48. The van der Waals surface area contributed by atoms with Crippen molar-refractivity contribution in [1.29, 1.82) is 0 Å². The van der Waals surface area contributed by atoms with Crippen molar-refractivity contribution >= 4 is 5.91 Å². The van der Waals surface area contributed by atoms with Crippen LogP contribution >= 0.6 is 0 Å². The lowest BCUT2D eigenvalue weighted by Gasteiger charge is -2.26. The van der Waals surface area contributed by atoms with Crippen LogP contribution in [0.4, 0.5) is 0 Å². The highest BCUT2D eigenvalue weighted by Gasteiger charge is 2.48. The molecule has 1 aromatic heterocycles. The molecule has 1 amide bonds. The number of hydrogen-bond acceptors (Lipinski definition) is 3. The maximum absolute atomic E-state index is 12.2. The first-order chi connectivity index (χ1) is 8.75. The molecule has 2 fully saturated rings. The summed E-state index contributed by atoms with van der Waals surface area (Å²) in [6, 6.07) is 5.78. The van der Waals surface area contributed by atoms with Gasteiger partial charge in [-0.2, -0.15) is 0 Å². The molecule has 0 aliphatic heterocycles. The Morgan fingerprint density at radius 2 is 2.22 bits per heavy atom. The predicted molar refractivity (Wildman–Crippen MR) is 68.4 cm³/mol. The molecule has 96 valence electrons. The fourth-order valence-electron chi connectivity index (χ4n) is 3.52. The predicted octanol–water partition coefficient (Wildman–Crippen LogP) is 1.07. The van der Waals surface area contributed by atoms with Gasteiger partial charge >= 0.3 is 0 Å². The van der Waals surface area contributed by atoms with Crippen LogP contribution in [-0.2, 0) is 11.3 Å². The molecule has 2 aliphatic rings. The van der Waals surface area contributed by atoms with E-state index in [1.165, 1.54) is 12.8 Å². The van der Waals surface area contributed by atoms with Crippen molar-refractivity contribution in [2.45, 2.75) is 31.8 Å². The van der Waals surface area contributed by atoms with Gasteiger partial charge in [0.15, 0.2) is 0 Å². The van der Waals surface area contributed by atoms with E-state index >= 15 is 0 Å². The van der Waals surface area contributed by atoms with Crippen LogP contribution in [0.15, 0.2) is 24.4 Å². The molecule has 1 heterocycles. The molecular formula is C14H19N3O. The zero-order chi connectivity index (χ0) is 12.5. The SMILES string of the molecule is NC1C2CCC(C2)C1C(=O)NCc1ccccn1. The Labute approximate surface area is 107 Å². The summed E-state index contributed by atoms with van der Waals surface area (Å²) < 4.78 is 0. The van der Waals surface area contributed by atoms with Gasteiger partial charge in [-0.1, -0.05) is 6.07 Å². The summed E-state index contributed by atoms with van der Waals surface area (Å²) in [6.45, 7) is 0.500. The van der Waals surface area contributed by atoms with Crippen LogP contribution in [0.3, 0.4) is 0 Å². The fraction of sp³-hybridized carbons (Fsp3) is 0.571. The number of hydrogen-bond donors (Lipinski definition) is 2. The molecule has 2 aliphatic carbocycles. The van der Waals surface area contributed by atoms with Crippen LogP contribution in [0, 0.1) is 17.8 Å². The van der Waals surface area contributed by atoms with Gasteiger partial charge in [0.1, 0.15) is 0 Å². The van der Waals surface area contributed by atoms with Gasteiger partial charge in [-0.25, -0.2) is 0 Å². The largest absolute Gasteiger partial charge is 0.350 e. The van der Waals surface area contributed by atoms with Gasteiger partial charge < -0.3 is 11.1 Å². The van der Waals surface area contributed by atoms with Crippen molar-refractivity contribution < 1.29 is 4.79 Å². The highest BCUT2D eigenvalue weighted by atomic mass is 16.1. The van der Waals surface area contributed by atoms with Gasteiger partial charge in [0, 0.05) is 12.2 Å². The molecule has 4 unspecified atom stereocenters. The number of carbonyl (C=O) groups excluding carboxylic acids is 1. The third kappa shape index (κ3) is 2.01. The molecule has 1 aromatic rings. The number of fused-ring (bicyclic) bond motifs is 2. The molecule has 4 heteroatoms. The third-order valence-electron chi connectivity index (χ3n) is 4.45. The molecule has 0 radical (unpaired) electrons.